The first-order valence-corrected chi connectivity index (χ1v) is 8.17. The van der Waals surface area contributed by atoms with Gasteiger partial charge in [-0.3, -0.25) is 4.79 Å². The van der Waals surface area contributed by atoms with E-state index in [1.165, 1.54) is 51.7 Å². The zero-order chi connectivity index (χ0) is 20.5. The van der Waals surface area contributed by atoms with E-state index in [-0.39, 0.29) is 0 Å². The minimum Gasteiger partial charge on any atom is -0.496 e. The quantitative estimate of drug-likeness (QED) is 0.552. The van der Waals surface area contributed by atoms with E-state index < -0.39 is 24.3 Å². The van der Waals surface area contributed by atoms with E-state index in [4.69, 9.17) is 18.9 Å². The average molecular weight is 389 g/mol. The number of halogens is 1. The second kappa shape index (κ2) is 9.96. The minimum atomic E-state index is -0.717. The number of carbonyl (C=O) groups is 2. The molecule has 1 N–H and O–H groups in total. The molecule has 0 bridgehead atoms. The Morgan fingerprint density at radius 1 is 0.964 bits per heavy atom. The van der Waals surface area contributed by atoms with Gasteiger partial charge in [0.25, 0.3) is 5.91 Å². The molecule has 1 amide bonds. The SMILES string of the molecule is COc1cc(OC)c(OC)cc1/C=C/C(=O)OCC(=O)Nc1ccc(F)cc1. The second-order valence-electron chi connectivity index (χ2n) is 5.45. The topological polar surface area (TPSA) is 83.1 Å². The molecular formula is C20H20FNO6. The van der Waals surface area contributed by atoms with Gasteiger partial charge in [-0.1, -0.05) is 0 Å². The van der Waals surface area contributed by atoms with E-state index in [1.807, 2.05) is 0 Å². The van der Waals surface area contributed by atoms with Crippen LogP contribution in [0.4, 0.5) is 10.1 Å². The number of nitrogens with one attached hydrogen (secondary N) is 1. The third-order valence-corrected chi connectivity index (χ3v) is 3.61. The number of amides is 1. The molecule has 0 radical (unpaired) electrons. The molecule has 8 heteroatoms. The molecule has 0 aromatic heterocycles. The van der Waals surface area contributed by atoms with Gasteiger partial charge in [0.1, 0.15) is 11.6 Å². The molecule has 0 heterocycles. The van der Waals surface area contributed by atoms with E-state index >= 15 is 0 Å². The Hall–Kier alpha value is -3.55. The van der Waals surface area contributed by atoms with Crippen LogP contribution in [0.15, 0.2) is 42.5 Å². The summed E-state index contributed by atoms with van der Waals surface area (Å²) in [4.78, 5) is 23.6. The summed E-state index contributed by atoms with van der Waals surface area (Å²) in [5, 5.41) is 2.49. The number of benzene rings is 2. The van der Waals surface area contributed by atoms with Gasteiger partial charge in [0.15, 0.2) is 18.1 Å². The number of hydrogen-bond donors (Lipinski definition) is 1. The Labute approximate surface area is 161 Å². The van der Waals surface area contributed by atoms with Crippen molar-refractivity contribution < 1.29 is 32.9 Å². The van der Waals surface area contributed by atoms with Crippen molar-refractivity contribution in [3.05, 3.63) is 53.9 Å². The molecule has 0 saturated carbocycles. The maximum absolute atomic E-state index is 12.8. The smallest absolute Gasteiger partial charge is 0.331 e. The normalized spacial score (nSPS) is 10.4. The fraction of sp³-hybridized carbons (Fsp3) is 0.200. The Kier molecular flexibility index (Phi) is 7.38. The lowest BCUT2D eigenvalue weighted by molar-refractivity contribution is -0.142. The highest BCUT2D eigenvalue weighted by molar-refractivity contribution is 5.94. The van der Waals surface area contributed by atoms with Crippen LogP contribution in [0.5, 0.6) is 17.2 Å². The molecule has 0 atom stereocenters. The first-order valence-electron chi connectivity index (χ1n) is 8.17. The van der Waals surface area contributed by atoms with Crippen LogP contribution >= 0.6 is 0 Å². The maximum atomic E-state index is 12.8. The lowest BCUT2D eigenvalue weighted by atomic mass is 10.1. The number of rotatable bonds is 8. The highest BCUT2D eigenvalue weighted by atomic mass is 19.1. The Bertz CT molecular complexity index is 864. The molecule has 0 spiro atoms. The van der Waals surface area contributed by atoms with Crippen molar-refractivity contribution in [2.45, 2.75) is 0 Å². The third kappa shape index (κ3) is 5.73. The molecule has 0 aliphatic rings. The lowest BCUT2D eigenvalue weighted by Crippen LogP contribution is -2.20. The van der Waals surface area contributed by atoms with E-state index in [0.717, 1.165) is 6.08 Å². The number of ether oxygens (including phenoxy) is 4. The van der Waals surface area contributed by atoms with Crippen LogP contribution in [0, 0.1) is 5.82 Å². The van der Waals surface area contributed by atoms with Gasteiger partial charge in [-0.05, 0) is 36.4 Å². The van der Waals surface area contributed by atoms with Crippen LogP contribution in [0.1, 0.15) is 5.56 Å². The fourth-order valence-electron chi connectivity index (χ4n) is 2.26. The standard InChI is InChI=1S/C20H20FNO6/c1-25-16-11-18(27-3)17(26-2)10-13(16)4-9-20(24)28-12-19(23)22-15-7-5-14(21)6-8-15/h4-11H,12H2,1-3H3,(H,22,23)/b9-4+. The predicted molar refractivity (Wildman–Crippen MR) is 101 cm³/mol. The molecule has 2 aromatic rings. The van der Waals surface area contributed by atoms with E-state index in [1.54, 1.807) is 12.1 Å². The molecule has 2 rings (SSSR count). The summed E-state index contributed by atoms with van der Waals surface area (Å²) in [6, 6.07) is 8.49. The summed E-state index contributed by atoms with van der Waals surface area (Å²) < 4.78 is 33.4. The van der Waals surface area contributed by atoms with Crippen molar-refractivity contribution in [1.29, 1.82) is 0 Å². The maximum Gasteiger partial charge on any atom is 0.331 e. The van der Waals surface area contributed by atoms with Gasteiger partial charge in [0.2, 0.25) is 0 Å². The summed E-state index contributed by atoms with van der Waals surface area (Å²) in [7, 11) is 4.48. The molecule has 0 saturated heterocycles. The van der Waals surface area contributed by atoms with Crippen LogP contribution in [0.25, 0.3) is 6.08 Å². The monoisotopic (exact) mass is 389 g/mol. The van der Waals surface area contributed by atoms with Crippen molar-refractivity contribution in [1.82, 2.24) is 0 Å². The average Bonchev–Trinajstić information content (AvgIpc) is 2.71. The summed E-state index contributed by atoms with van der Waals surface area (Å²) in [6.07, 6.45) is 2.63. The molecule has 28 heavy (non-hydrogen) atoms. The van der Waals surface area contributed by atoms with Crippen LogP contribution < -0.4 is 19.5 Å². The highest BCUT2D eigenvalue weighted by Crippen LogP contribution is 2.35. The zero-order valence-electron chi connectivity index (χ0n) is 15.7. The Balaban J connectivity index is 1.95. The van der Waals surface area contributed by atoms with Gasteiger partial charge in [-0.15, -0.1) is 0 Å². The number of anilines is 1. The van der Waals surface area contributed by atoms with Gasteiger partial charge < -0.3 is 24.3 Å². The Morgan fingerprint density at radius 3 is 2.18 bits per heavy atom. The van der Waals surface area contributed by atoms with Crippen molar-refractivity contribution in [3.8, 4) is 17.2 Å². The summed E-state index contributed by atoms with van der Waals surface area (Å²) >= 11 is 0. The first-order chi connectivity index (χ1) is 13.5. The minimum absolute atomic E-state index is 0.396. The van der Waals surface area contributed by atoms with E-state index in [2.05, 4.69) is 5.32 Å². The molecule has 2 aromatic carbocycles. The van der Waals surface area contributed by atoms with Crippen LogP contribution in [-0.4, -0.2) is 39.8 Å². The Morgan fingerprint density at radius 2 is 1.57 bits per heavy atom. The molecule has 0 aliphatic carbocycles. The van der Waals surface area contributed by atoms with Gasteiger partial charge in [0.05, 0.1) is 21.3 Å². The van der Waals surface area contributed by atoms with Gasteiger partial charge >= 0.3 is 5.97 Å². The zero-order valence-corrected chi connectivity index (χ0v) is 15.7. The predicted octanol–water partition coefficient (Wildman–Crippen LogP) is 3.05. The largest absolute Gasteiger partial charge is 0.496 e. The van der Waals surface area contributed by atoms with Crippen molar-refractivity contribution in [2.24, 2.45) is 0 Å². The first kappa shape index (κ1) is 20.8. The molecule has 148 valence electrons. The van der Waals surface area contributed by atoms with E-state index in [0.29, 0.717) is 28.5 Å². The van der Waals surface area contributed by atoms with Crippen LogP contribution in [0.3, 0.4) is 0 Å². The van der Waals surface area contributed by atoms with Crippen LogP contribution in [-0.2, 0) is 14.3 Å². The number of esters is 1. The molecule has 7 nitrogen and oxygen atoms in total. The molecular weight excluding hydrogens is 369 g/mol. The fourth-order valence-corrected chi connectivity index (χ4v) is 2.26. The van der Waals surface area contributed by atoms with Gasteiger partial charge in [-0.2, -0.15) is 0 Å². The summed E-state index contributed by atoms with van der Waals surface area (Å²) in [5.41, 5.74) is 0.959. The van der Waals surface area contributed by atoms with Crippen molar-refractivity contribution >= 4 is 23.6 Å². The molecule has 0 unspecified atom stereocenters. The lowest BCUT2D eigenvalue weighted by Gasteiger charge is -2.12. The number of methoxy groups -OCH3 is 3. The molecule has 0 aliphatic heterocycles. The number of hydrogen-bond acceptors (Lipinski definition) is 6. The van der Waals surface area contributed by atoms with Crippen molar-refractivity contribution in [2.75, 3.05) is 33.3 Å². The highest BCUT2D eigenvalue weighted by Gasteiger charge is 2.11. The second-order valence-corrected chi connectivity index (χ2v) is 5.45. The summed E-state index contributed by atoms with van der Waals surface area (Å²) in [5.74, 6) is -0.259. The summed E-state index contributed by atoms with van der Waals surface area (Å²) in [6.45, 7) is -0.483. The van der Waals surface area contributed by atoms with Gasteiger partial charge in [0, 0.05) is 23.4 Å². The van der Waals surface area contributed by atoms with Crippen molar-refractivity contribution in [3.63, 3.8) is 0 Å². The van der Waals surface area contributed by atoms with E-state index in [9.17, 15) is 14.0 Å². The van der Waals surface area contributed by atoms with Crippen LogP contribution in [0.2, 0.25) is 0 Å². The molecule has 0 fully saturated rings. The third-order valence-electron chi connectivity index (χ3n) is 3.61. The number of carbonyl (C=O) groups excluding carboxylic acids is 2. The van der Waals surface area contributed by atoms with Gasteiger partial charge in [-0.25, -0.2) is 9.18 Å².